The molecule has 8 rings (SSSR count). The van der Waals surface area contributed by atoms with Crippen LogP contribution in [0.2, 0.25) is 0 Å². The fraction of sp³-hybridized carbons (Fsp3) is 0.600. The SMILES string of the molecule is C=C1CO[C@@]2(C1)[C@@H](Nc1ccc(N=Nc3ccc(N[C@H]4[C@@H]5CC[C@@](C)(C5(C)C)[C@]45CC(=C)CO5)cc3)cc1)[C@@H]1CC[C@@]2(C)C1(C)C. The molecule has 2 aromatic rings. The van der Waals surface area contributed by atoms with Crippen molar-refractivity contribution in [2.75, 3.05) is 23.8 Å². The van der Waals surface area contributed by atoms with E-state index in [4.69, 9.17) is 9.47 Å². The molecule has 8 atom stereocenters. The van der Waals surface area contributed by atoms with E-state index in [-0.39, 0.29) is 44.9 Å². The van der Waals surface area contributed by atoms with E-state index in [0.717, 1.165) is 35.6 Å². The largest absolute Gasteiger partial charge is 0.379 e. The first-order valence-electron chi connectivity index (χ1n) is 17.5. The molecule has 4 saturated carbocycles. The second-order valence-corrected chi connectivity index (χ2v) is 17.1. The third-order valence-electron chi connectivity index (χ3n) is 15.0. The van der Waals surface area contributed by atoms with Gasteiger partial charge in [0.1, 0.15) is 0 Å². The van der Waals surface area contributed by atoms with Crippen LogP contribution in [0, 0.1) is 33.5 Å². The Morgan fingerprint density at radius 3 is 1.30 bits per heavy atom. The van der Waals surface area contributed by atoms with Gasteiger partial charge in [-0.2, -0.15) is 10.2 Å². The molecule has 2 spiro atoms. The molecule has 0 unspecified atom stereocenters. The molecule has 244 valence electrons. The molecule has 4 bridgehead atoms. The van der Waals surface area contributed by atoms with E-state index in [1.807, 2.05) is 0 Å². The summed E-state index contributed by atoms with van der Waals surface area (Å²) < 4.78 is 13.3. The molecule has 6 aliphatic rings. The summed E-state index contributed by atoms with van der Waals surface area (Å²) in [6, 6.07) is 17.3. The van der Waals surface area contributed by atoms with Gasteiger partial charge in [-0.3, -0.25) is 0 Å². The van der Waals surface area contributed by atoms with E-state index in [1.54, 1.807) is 0 Å². The number of benzene rings is 2. The molecule has 4 aliphatic carbocycles. The van der Waals surface area contributed by atoms with Crippen LogP contribution in [-0.2, 0) is 9.47 Å². The summed E-state index contributed by atoms with van der Waals surface area (Å²) in [6.07, 6.45) is 6.81. The van der Waals surface area contributed by atoms with Crippen molar-refractivity contribution in [2.24, 2.45) is 43.7 Å². The predicted octanol–water partition coefficient (Wildman–Crippen LogP) is 10.0. The molecule has 6 heteroatoms. The van der Waals surface area contributed by atoms with Crippen LogP contribution in [-0.4, -0.2) is 36.5 Å². The number of azo groups is 1. The molecule has 2 aromatic carbocycles. The predicted molar refractivity (Wildman–Crippen MR) is 186 cm³/mol. The Labute approximate surface area is 275 Å². The summed E-state index contributed by atoms with van der Waals surface area (Å²) in [7, 11) is 0. The Balaban J connectivity index is 0.949. The van der Waals surface area contributed by atoms with Crippen molar-refractivity contribution in [1.29, 1.82) is 0 Å². The van der Waals surface area contributed by atoms with Crippen molar-refractivity contribution < 1.29 is 9.47 Å². The molecule has 0 aromatic heterocycles. The highest BCUT2D eigenvalue weighted by Gasteiger charge is 2.76. The number of nitrogens with zero attached hydrogens (tertiary/aromatic N) is 2. The summed E-state index contributed by atoms with van der Waals surface area (Å²) in [5.41, 5.74) is 6.63. The number of hydrogen-bond donors (Lipinski definition) is 2. The first-order valence-corrected chi connectivity index (χ1v) is 17.5. The summed E-state index contributed by atoms with van der Waals surface area (Å²) in [5.74, 6) is 1.13. The summed E-state index contributed by atoms with van der Waals surface area (Å²) >= 11 is 0. The first kappa shape index (κ1) is 30.4. The lowest BCUT2D eigenvalue weighted by atomic mass is 9.63. The average Bonchev–Trinajstić information content (AvgIpc) is 3.77. The van der Waals surface area contributed by atoms with Crippen LogP contribution in [0.15, 0.2) is 83.1 Å². The van der Waals surface area contributed by atoms with Crippen molar-refractivity contribution in [1.82, 2.24) is 0 Å². The maximum Gasteiger partial charge on any atom is 0.0985 e. The lowest BCUT2D eigenvalue weighted by Crippen LogP contribution is -2.55. The van der Waals surface area contributed by atoms with Gasteiger partial charge in [0, 0.05) is 35.0 Å². The smallest absolute Gasteiger partial charge is 0.0985 e. The van der Waals surface area contributed by atoms with E-state index in [2.05, 4.69) is 124 Å². The fourth-order valence-corrected chi connectivity index (χ4v) is 11.8. The van der Waals surface area contributed by atoms with Crippen LogP contribution in [0.4, 0.5) is 22.7 Å². The Kier molecular flexibility index (Phi) is 6.47. The monoisotopic (exact) mass is 620 g/mol. The molecular weight excluding hydrogens is 568 g/mol. The fourth-order valence-electron chi connectivity index (χ4n) is 11.8. The van der Waals surface area contributed by atoms with Crippen LogP contribution in [0.3, 0.4) is 0 Å². The first-order chi connectivity index (χ1) is 21.8. The Bertz CT molecular complexity index is 1490. The Morgan fingerprint density at radius 1 is 0.609 bits per heavy atom. The number of nitrogens with one attached hydrogen (secondary N) is 2. The van der Waals surface area contributed by atoms with E-state index in [0.29, 0.717) is 25.0 Å². The summed E-state index contributed by atoms with van der Waals surface area (Å²) in [6.45, 7) is 24.7. The molecule has 6 fully saturated rings. The quantitative estimate of drug-likeness (QED) is 0.249. The third-order valence-corrected chi connectivity index (χ3v) is 15.0. The van der Waals surface area contributed by atoms with Gasteiger partial charge < -0.3 is 20.1 Å². The van der Waals surface area contributed by atoms with Gasteiger partial charge in [0.2, 0.25) is 0 Å². The van der Waals surface area contributed by atoms with Gasteiger partial charge in [-0.1, -0.05) is 54.7 Å². The molecule has 6 nitrogen and oxygen atoms in total. The molecule has 0 amide bonds. The molecule has 2 N–H and O–H groups in total. The van der Waals surface area contributed by atoms with Crippen LogP contribution < -0.4 is 10.6 Å². The highest BCUT2D eigenvalue weighted by molar-refractivity contribution is 5.55. The number of fused-ring (bicyclic) bond motifs is 6. The van der Waals surface area contributed by atoms with Gasteiger partial charge in [0.05, 0.1) is 47.9 Å². The summed E-state index contributed by atoms with van der Waals surface area (Å²) in [5, 5.41) is 17.0. The minimum absolute atomic E-state index is 0.132. The number of rotatable bonds is 6. The van der Waals surface area contributed by atoms with E-state index < -0.39 is 0 Å². The van der Waals surface area contributed by atoms with Crippen molar-refractivity contribution in [3.8, 4) is 0 Å². The number of anilines is 2. The normalized spacial score (nSPS) is 41.5. The van der Waals surface area contributed by atoms with Gasteiger partial charge >= 0.3 is 0 Å². The van der Waals surface area contributed by atoms with Crippen molar-refractivity contribution in [3.63, 3.8) is 0 Å². The van der Waals surface area contributed by atoms with E-state index >= 15 is 0 Å². The van der Waals surface area contributed by atoms with Gasteiger partial charge in [-0.05, 0) is 108 Å². The van der Waals surface area contributed by atoms with Gasteiger partial charge in [0.15, 0.2) is 0 Å². The van der Waals surface area contributed by atoms with Crippen molar-refractivity contribution >= 4 is 22.7 Å². The highest BCUT2D eigenvalue weighted by atomic mass is 16.5. The molecule has 2 heterocycles. The van der Waals surface area contributed by atoms with Crippen LogP contribution >= 0.6 is 0 Å². The second-order valence-electron chi connectivity index (χ2n) is 17.1. The minimum Gasteiger partial charge on any atom is -0.379 e. The molecule has 2 aliphatic heterocycles. The average molecular weight is 621 g/mol. The topological polar surface area (TPSA) is 67.2 Å². The van der Waals surface area contributed by atoms with Crippen molar-refractivity contribution in [3.05, 3.63) is 72.8 Å². The maximum absolute atomic E-state index is 6.67. The summed E-state index contributed by atoms with van der Waals surface area (Å²) in [4.78, 5) is 0. The van der Waals surface area contributed by atoms with Gasteiger partial charge in [0.25, 0.3) is 0 Å². The third kappa shape index (κ3) is 3.77. The molecule has 0 radical (unpaired) electrons. The number of ether oxygens (including phenoxy) is 2. The van der Waals surface area contributed by atoms with Crippen LogP contribution in [0.1, 0.15) is 80.1 Å². The lowest BCUT2D eigenvalue weighted by molar-refractivity contribution is -0.109. The van der Waals surface area contributed by atoms with Gasteiger partial charge in [-0.25, -0.2) is 0 Å². The molecular formula is C40H52N4O2. The Hall–Kier alpha value is -2.96. The standard InChI is InChI=1S/C40H52N4O2/c1-25-21-39(45-23-25)33(31-17-19-37(39,7)35(31,3)4)41-27-9-13-29(14-10-27)43-44-30-15-11-28(12-16-30)42-34-32-18-20-38(8,36(32,5)6)40(34)22-26(2)24-46-40/h9-16,31-34,41-42H,1-2,17-24H2,3-8H3/t31-,32-,33-,34-,37-,38-,39-,40-/m0/s1. The zero-order valence-corrected chi connectivity index (χ0v) is 28.7. The minimum atomic E-state index is -0.194. The Morgan fingerprint density at radius 2 is 0.978 bits per heavy atom. The van der Waals surface area contributed by atoms with E-state index in [1.165, 1.54) is 36.8 Å². The van der Waals surface area contributed by atoms with Gasteiger partial charge in [-0.15, -0.1) is 0 Å². The van der Waals surface area contributed by atoms with E-state index in [9.17, 15) is 0 Å². The maximum atomic E-state index is 6.67. The lowest BCUT2D eigenvalue weighted by Gasteiger charge is -2.48. The number of hydrogen-bond acceptors (Lipinski definition) is 6. The van der Waals surface area contributed by atoms with Crippen molar-refractivity contribution in [2.45, 2.75) is 103 Å². The zero-order chi connectivity index (χ0) is 32.3. The van der Waals surface area contributed by atoms with Crippen LogP contribution in [0.5, 0.6) is 0 Å². The van der Waals surface area contributed by atoms with Crippen LogP contribution in [0.25, 0.3) is 0 Å². The highest BCUT2D eigenvalue weighted by Crippen LogP contribution is 2.74. The second kappa shape index (κ2) is 9.79. The molecule has 2 saturated heterocycles. The zero-order valence-electron chi connectivity index (χ0n) is 28.7. The molecule has 46 heavy (non-hydrogen) atoms.